The minimum absolute atomic E-state index is 0.428. The van der Waals surface area contributed by atoms with Crippen molar-refractivity contribution in [1.29, 1.82) is 0 Å². The summed E-state index contributed by atoms with van der Waals surface area (Å²) >= 11 is 0. The summed E-state index contributed by atoms with van der Waals surface area (Å²) in [6.45, 7) is 1.92. The number of hydrogen-bond acceptors (Lipinski definition) is 5. The topological polar surface area (TPSA) is 106 Å². The second kappa shape index (κ2) is 8.53. The molecule has 9 heteroatoms. The first-order valence-electron chi connectivity index (χ1n) is 12.1. The highest BCUT2D eigenvalue weighted by Crippen LogP contribution is 2.49. The number of nitrogens with one attached hydrogen (secondary N) is 2. The Morgan fingerprint density at radius 3 is 2.58 bits per heavy atom. The number of aliphatic hydroxyl groups excluding tert-OH is 1. The number of urea groups is 1. The first kappa shape index (κ1) is 22.4. The lowest BCUT2D eigenvalue weighted by Crippen LogP contribution is -2.60. The van der Waals surface area contributed by atoms with E-state index in [1.165, 1.54) is 0 Å². The average Bonchev–Trinajstić information content (AvgIpc) is 3.43. The van der Waals surface area contributed by atoms with Crippen LogP contribution in [0.2, 0.25) is 0 Å². The van der Waals surface area contributed by atoms with Gasteiger partial charge in [0.05, 0.1) is 17.9 Å². The lowest BCUT2D eigenvalue weighted by atomic mass is 9.71. The maximum absolute atomic E-state index is 13.4. The molecule has 0 saturated heterocycles. The third kappa shape index (κ3) is 3.63. The van der Waals surface area contributed by atoms with Crippen molar-refractivity contribution in [3.05, 3.63) is 78.1 Å². The molecule has 1 aliphatic carbocycles. The minimum atomic E-state index is -0.849. The van der Waals surface area contributed by atoms with Gasteiger partial charge in [0.25, 0.3) is 0 Å². The van der Waals surface area contributed by atoms with Crippen molar-refractivity contribution < 1.29 is 14.6 Å². The monoisotopic (exact) mass is 484 g/mol. The highest BCUT2D eigenvalue weighted by Gasteiger charge is 2.53. The molecule has 1 spiro atoms. The van der Waals surface area contributed by atoms with Gasteiger partial charge >= 0.3 is 6.03 Å². The Labute approximate surface area is 208 Å². The number of aromatic nitrogens is 4. The number of hydrogen-bond donors (Lipinski definition) is 3. The lowest BCUT2D eigenvalue weighted by Gasteiger charge is -2.51. The number of fused-ring (bicyclic) bond motifs is 1. The molecule has 2 aliphatic rings. The predicted molar refractivity (Wildman–Crippen MR) is 135 cm³/mol. The fourth-order valence-electron chi connectivity index (χ4n) is 5.16. The molecule has 2 atom stereocenters. The highest BCUT2D eigenvalue weighted by atomic mass is 16.5. The van der Waals surface area contributed by atoms with Crippen LogP contribution < -0.4 is 15.4 Å². The van der Waals surface area contributed by atoms with Gasteiger partial charge in [0.1, 0.15) is 29.0 Å². The van der Waals surface area contributed by atoms with Crippen molar-refractivity contribution in [3.63, 3.8) is 0 Å². The number of carbonyl (C=O) groups is 1. The second-order valence-electron chi connectivity index (χ2n) is 9.55. The SMILES string of the molecule is Cc1c(-c2cnn(C)c2)nn(-c2ccccc2)c1NC(=O)N[C@@H]1c2ccccc2OC2(CCC2)[C@H]1O. The molecule has 3 N–H and O–H groups in total. The van der Waals surface area contributed by atoms with Gasteiger partial charge in [-0.15, -0.1) is 0 Å². The van der Waals surface area contributed by atoms with Crippen molar-refractivity contribution in [2.24, 2.45) is 7.05 Å². The van der Waals surface area contributed by atoms with E-state index in [-0.39, 0.29) is 0 Å². The van der Waals surface area contributed by atoms with Crippen LogP contribution in [0.4, 0.5) is 10.6 Å². The third-order valence-electron chi connectivity index (χ3n) is 7.24. The van der Waals surface area contributed by atoms with E-state index in [2.05, 4.69) is 15.7 Å². The zero-order valence-electron chi connectivity index (χ0n) is 20.2. The quantitative estimate of drug-likeness (QED) is 0.404. The minimum Gasteiger partial charge on any atom is -0.484 e. The van der Waals surface area contributed by atoms with Crippen LogP contribution in [0.5, 0.6) is 5.75 Å². The molecule has 2 aromatic carbocycles. The first-order chi connectivity index (χ1) is 17.4. The van der Waals surface area contributed by atoms with Gasteiger partial charge in [-0.3, -0.25) is 10.00 Å². The van der Waals surface area contributed by atoms with Gasteiger partial charge < -0.3 is 15.2 Å². The summed E-state index contributed by atoms with van der Waals surface area (Å²) in [6, 6.07) is 16.2. The zero-order chi connectivity index (χ0) is 24.9. The number of para-hydroxylation sites is 2. The summed E-state index contributed by atoms with van der Waals surface area (Å²) in [4.78, 5) is 13.4. The summed E-state index contributed by atoms with van der Waals surface area (Å²) in [5, 5.41) is 26.4. The summed E-state index contributed by atoms with van der Waals surface area (Å²) in [6.07, 6.45) is 5.31. The molecule has 3 heterocycles. The molecule has 36 heavy (non-hydrogen) atoms. The van der Waals surface area contributed by atoms with Gasteiger partial charge in [0, 0.05) is 29.9 Å². The van der Waals surface area contributed by atoms with Crippen LogP contribution in [-0.4, -0.2) is 42.4 Å². The van der Waals surface area contributed by atoms with Crippen LogP contribution in [0.1, 0.15) is 36.4 Å². The smallest absolute Gasteiger partial charge is 0.320 e. The fourth-order valence-corrected chi connectivity index (χ4v) is 5.16. The van der Waals surface area contributed by atoms with E-state index in [9.17, 15) is 9.90 Å². The number of carbonyl (C=O) groups excluding carboxylic acids is 1. The molecule has 0 radical (unpaired) electrons. The predicted octanol–water partition coefficient (Wildman–Crippen LogP) is 4.12. The van der Waals surface area contributed by atoms with E-state index < -0.39 is 23.8 Å². The second-order valence-corrected chi connectivity index (χ2v) is 9.55. The van der Waals surface area contributed by atoms with Crippen LogP contribution in [0.25, 0.3) is 16.9 Å². The number of amides is 2. The molecule has 4 aromatic rings. The van der Waals surface area contributed by atoms with Crippen molar-refractivity contribution in [2.75, 3.05) is 5.32 Å². The zero-order valence-corrected chi connectivity index (χ0v) is 20.2. The standard InChI is InChI=1S/C27H28N6O3/c1-17-22(18-15-28-32(2)16-18)31-33(19-9-4-3-5-10-19)25(17)30-26(35)29-23-20-11-6-7-12-21(20)36-27(24(23)34)13-8-14-27/h3-7,9-12,15-16,23-24,34H,8,13-14H2,1-2H3,(H2,29,30,35)/t23-,24+/m1/s1. The van der Waals surface area contributed by atoms with Crippen molar-refractivity contribution in [1.82, 2.24) is 24.9 Å². The summed E-state index contributed by atoms with van der Waals surface area (Å²) in [5.74, 6) is 1.25. The molecular formula is C27H28N6O3. The van der Waals surface area contributed by atoms with Crippen molar-refractivity contribution >= 4 is 11.8 Å². The number of benzene rings is 2. The van der Waals surface area contributed by atoms with Crippen LogP contribution in [0, 0.1) is 6.92 Å². The Morgan fingerprint density at radius 1 is 1.14 bits per heavy atom. The van der Waals surface area contributed by atoms with Crippen LogP contribution in [-0.2, 0) is 7.05 Å². The summed E-state index contributed by atoms with van der Waals surface area (Å²) < 4.78 is 9.64. The van der Waals surface area contributed by atoms with Gasteiger partial charge in [0.15, 0.2) is 0 Å². The number of aryl methyl sites for hydroxylation is 1. The van der Waals surface area contributed by atoms with Crippen LogP contribution in [0.3, 0.4) is 0 Å². The van der Waals surface area contributed by atoms with Gasteiger partial charge in [-0.1, -0.05) is 36.4 Å². The first-order valence-corrected chi connectivity index (χ1v) is 12.1. The van der Waals surface area contributed by atoms with Crippen LogP contribution in [0.15, 0.2) is 67.0 Å². The molecule has 6 rings (SSSR count). The molecular weight excluding hydrogens is 456 g/mol. The Bertz CT molecular complexity index is 1420. The Balaban J connectivity index is 1.34. The molecule has 9 nitrogen and oxygen atoms in total. The summed E-state index contributed by atoms with van der Waals surface area (Å²) in [5.41, 5.74) is 3.32. The van der Waals surface area contributed by atoms with E-state index in [0.717, 1.165) is 47.3 Å². The lowest BCUT2D eigenvalue weighted by molar-refractivity contribution is -0.130. The maximum Gasteiger partial charge on any atom is 0.320 e. The Morgan fingerprint density at radius 2 is 1.89 bits per heavy atom. The summed E-state index contributed by atoms with van der Waals surface area (Å²) in [7, 11) is 1.85. The van der Waals surface area contributed by atoms with Crippen LogP contribution >= 0.6 is 0 Å². The molecule has 2 aromatic heterocycles. The highest BCUT2D eigenvalue weighted by molar-refractivity contribution is 5.91. The number of anilines is 1. The van der Waals surface area contributed by atoms with E-state index in [1.807, 2.05) is 74.8 Å². The Hall–Kier alpha value is -4.11. The van der Waals surface area contributed by atoms with E-state index in [4.69, 9.17) is 9.84 Å². The molecule has 1 saturated carbocycles. The third-order valence-corrected chi connectivity index (χ3v) is 7.24. The van der Waals surface area contributed by atoms with E-state index >= 15 is 0 Å². The molecule has 1 aliphatic heterocycles. The van der Waals surface area contributed by atoms with Gasteiger partial charge in [-0.25, -0.2) is 9.48 Å². The fraction of sp³-hybridized carbons (Fsp3) is 0.296. The van der Waals surface area contributed by atoms with E-state index in [1.54, 1.807) is 15.6 Å². The molecule has 184 valence electrons. The number of rotatable bonds is 4. The van der Waals surface area contributed by atoms with Gasteiger partial charge in [-0.05, 0) is 44.4 Å². The number of ether oxygens (including phenoxy) is 1. The van der Waals surface area contributed by atoms with E-state index in [0.29, 0.717) is 11.6 Å². The van der Waals surface area contributed by atoms with Gasteiger partial charge in [0.2, 0.25) is 0 Å². The normalized spacial score (nSPS) is 19.8. The molecule has 0 unspecified atom stereocenters. The molecule has 0 bridgehead atoms. The average molecular weight is 485 g/mol. The Kier molecular flexibility index (Phi) is 5.30. The van der Waals surface area contributed by atoms with Crippen molar-refractivity contribution in [2.45, 2.75) is 43.9 Å². The van der Waals surface area contributed by atoms with Crippen molar-refractivity contribution in [3.8, 4) is 22.7 Å². The maximum atomic E-state index is 13.4. The molecule has 2 amide bonds. The van der Waals surface area contributed by atoms with Gasteiger partial charge in [-0.2, -0.15) is 10.2 Å². The number of aliphatic hydroxyl groups is 1. The number of nitrogens with zero attached hydrogens (tertiary/aromatic N) is 4. The molecule has 1 fully saturated rings. The largest absolute Gasteiger partial charge is 0.484 e.